The lowest BCUT2D eigenvalue weighted by Gasteiger charge is -2.17. The normalized spacial score (nSPS) is 12.6. The van der Waals surface area contributed by atoms with Crippen LogP contribution in [-0.4, -0.2) is 14.6 Å². The first-order chi connectivity index (χ1) is 7.79. The number of aromatic nitrogens is 3. The quantitative estimate of drug-likeness (QED) is 0.722. The van der Waals surface area contributed by atoms with Gasteiger partial charge in [0.1, 0.15) is 5.15 Å². The third-order valence-corrected chi connectivity index (χ3v) is 3.03. The number of halogens is 1. The average Bonchev–Trinajstić information content (AvgIpc) is 2.60. The molecule has 2 rings (SSSR count). The number of nitrogens with zero attached hydrogens (tertiary/aromatic N) is 3. The molecule has 3 nitrogen and oxygen atoms in total. The third-order valence-electron chi connectivity index (χ3n) is 2.76. The molecule has 2 aromatic rings. The second kappa shape index (κ2) is 3.98. The molecule has 2 aromatic heterocycles. The molecule has 0 aliphatic rings. The van der Waals surface area contributed by atoms with Crippen molar-refractivity contribution in [2.45, 2.75) is 46.0 Å². The molecule has 0 spiro atoms. The van der Waals surface area contributed by atoms with Gasteiger partial charge in [0, 0.05) is 11.5 Å². The van der Waals surface area contributed by atoms with Crippen molar-refractivity contribution < 1.29 is 0 Å². The largest absolute Gasteiger partial charge is 0.233 e. The van der Waals surface area contributed by atoms with E-state index < -0.39 is 0 Å². The second-order valence-electron chi connectivity index (χ2n) is 5.71. The van der Waals surface area contributed by atoms with Crippen LogP contribution in [-0.2, 0) is 5.41 Å². The first-order valence-corrected chi connectivity index (χ1v) is 6.23. The lowest BCUT2D eigenvalue weighted by atomic mass is 9.92. The molecule has 92 valence electrons. The average molecular weight is 252 g/mol. The van der Waals surface area contributed by atoms with E-state index in [4.69, 9.17) is 11.6 Å². The first-order valence-electron chi connectivity index (χ1n) is 5.86. The Morgan fingerprint density at radius 2 is 1.88 bits per heavy atom. The minimum absolute atomic E-state index is 0.00630. The van der Waals surface area contributed by atoms with Gasteiger partial charge in [-0.2, -0.15) is 5.10 Å². The predicted octanol–water partition coefficient (Wildman–Crippen LogP) is 3.80. The predicted molar refractivity (Wildman–Crippen MR) is 70.8 cm³/mol. The third kappa shape index (κ3) is 2.29. The lowest BCUT2D eigenvalue weighted by Crippen LogP contribution is -2.14. The van der Waals surface area contributed by atoms with Crippen LogP contribution in [0.3, 0.4) is 0 Å². The summed E-state index contributed by atoms with van der Waals surface area (Å²) in [4.78, 5) is 4.63. The molecule has 0 unspecified atom stereocenters. The summed E-state index contributed by atoms with van der Waals surface area (Å²) in [6.45, 7) is 10.6. The molecule has 0 aromatic carbocycles. The van der Waals surface area contributed by atoms with Crippen molar-refractivity contribution >= 4 is 17.2 Å². The van der Waals surface area contributed by atoms with Crippen LogP contribution in [0.15, 0.2) is 12.1 Å². The standard InChI is InChI=1S/C13H18ClN3/c1-8(2)9-6-12-15-10(13(3,4)5)7-11(14)17(12)16-9/h6-8H,1-5H3. The fourth-order valence-corrected chi connectivity index (χ4v) is 1.85. The molecule has 0 aliphatic carbocycles. The minimum Gasteiger partial charge on any atom is -0.233 e. The zero-order valence-electron chi connectivity index (χ0n) is 11.0. The monoisotopic (exact) mass is 251 g/mol. The molecule has 0 aliphatic heterocycles. The highest BCUT2D eigenvalue weighted by atomic mass is 35.5. The van der Waals surface area contributed by atoms with Crippen molar-refractivity contribution in [3.8, 4) is 0 Å². The fourth-order valence-electron chi connectivity index (χ4n) is 1.62. The Labute approximate surface area is 107 Å². The van der Waals surface area contributed by atoms with Crippen LogP contribution in [0.2, 0.25) is 5.15 Å². The van der Waals surface area contributed by atoms with Gasteiger partial charge >= 0.3 is 0 Å². The number of hydrogen-bond donors (Lipinski definition) is 0. The van der Waals surface area contributed by atoms with Crippen LogP contribution in [0.4, 0.5) is 0 Å². The molecule has 0 atom stereocenters. The van der Waals surface area contributed by atoms with Gasteiger partial charge in [0.05, 0.1) is 11.4 Å². The maximum atomic E-state index is 6.25. The van der Waals surface area contributed by atoms with Gasteiger partial charge in [0.2, 0.25) is 0 Å². The molecular formula is C13H18ClN3. The summed E-state index contributed by atoms with van der Waals surface area (Å²) < 4.78 is 1.70. The number of fused-ring (bicyclic) bond motifs is 1. The summed E-state index contributed by atoms with van der Waals surface area (Å²) in [5.74, 6) is 0.380. The van der Waals surface area contributed by atoms with Crippen molar-refractivity contribution in [1.82, 2.24) is 14.6 Å². The van der Waals surface area contributed by atoms with Gasteiger partial charge in [-0.1, -0.05) is 46.2 Å². The Kier molecular flexibility index (Phi) is 2.90. The van der Waals surface area contributed by atoms with E-state index in [0.29, 0.717) is 11.1 Å². The van der Waals surface area contributed by atoms with Crippen LogP contribution in [0.5, 0.6) is 0 Å². The van der Waals surface area contributed by atoms with E-state index >= 15 is 0 Å². The van der Waals surface area contributed by atoms with Crippen molar-refractivity contribution in [3.63, 3.8) is 0 Å². The van der Waals surface area contributed by atoms with Crippen molar-refractivity contribution in [2.75, 3.05) is 0 Å². The summed E-state index contributed by atoms with van der Waals surface area (Å²) in [5.41, 5.74) is 2.83. The van der Waals surface area contributed by atoms with Gasteiger partial charge in [0.25, 0.3) is 0 Å². The van der Waals surface area contributed by atoms with E-state index in [1.54, 1.807) is 4.52 Å². The van der Waals surface area contributed by atoms with Gasteiger partial charge in [-0.3, -0.25) is 0 Å². The number of hydrogen-bond acceptors (Lipinski definition) is 2. The number of rotatable bonds is 1. The molecular weight excluding hydrogens is 234 g/mol. The topological polar surface area (TPSA) is 30.2 Å². The van der Waals surface area contributed by atoms with E-state index in [1.807, 2.05) is 12.1 Å². The van der Waals surface area contributed by atoms with E-state index in [2.05, 4.69) is 44.7 Å². The van der Waals surface area contributed by atoms with E-state index in [9.17, 15) is 0 Å². The molecule has 4 heteroatoms. The van der Waals surface area contributed by atoms with Crippen molar-refractivity contribution in [1.29, 1.82) is 0 Å². The van der Waals surface area contributed by atoms with E-state index in [-0.39, 0.29) is 5.41 Å². The van der Waals surface area contributed by atoms with Gasteiger partial charge in [-0.25, -0.2) is 9.50 Å². The van der Waals surface area contributed by atoms with Gasteiger partial charge in [-0.05, 0) is 12.0 Å². The lowest BCUT2D eigenvalue weighted by molar-refractivity contribution is 0.568. The summed E-state index contributed by atoms with van der Waals surface area (Å²) in [6, 6.07) is 3.90. The van der Waals surface area contributed by atoms with Crippen LogP contribution in [0.1, 0.15) is 51.9 Å². The Bertz CT molecular complexity index is 550. The summed E-state index contributed by atoms with van der Waals surface area (Å²) in [5, 5.41) is 5.07. The Morgan fingerprint density at radius 1 is 1.24 bits per heavy atom. The Hall–Kier alpha value is -1.09. The SMILES string of the molecule is CC(C)c1cc2nc(C(C)(C)C)cc(Cl)n2n1. The highest BCUT2D eigenvalue weighted by molar-refractivity contribution is 6.29. The molecule has 0 fully saturated rings. The molecule has 0 amide bonds. The second-order valence-corrected chi connectivity index (χ2v) is 6.10. The van der Waals surface area contributed by atoms with Crippen LogP contribution in [0.25, 0.3) is 5.65 Å². The summed E-state index contributed by atoms with van der Waals surface area (Å²) >= 11 is 6.25. The summed E-state index contributed by atoms with van der Waals surface area (Å²) in [7, 11) is 0. The highest BCUT2D eigenvalue weighted by Gasteiger charge is 2.18. The summed E-state index contributed by atoms with van der Waals surface area (Å²) in [6.07, 6.45) is 0. The highest BCUT2D eigenvalue weighted by Crippen LogP contribution is 2.25. The van der Waals surface area contributed by atoms with Gasteiger partial charge < -0.3 is 0 Å². The zero-order valence-corrected chi connectivity index (χ0v) is 11.7. The molecule has 0 bridgehead atoms. The van der Waals surface area contributed by atoms with Crippen LogP contribution >= 0.6 is 11.6 Å². The molecule has 0 saturated heterocycles. The van der Waals surface area contributed by atoms with Gasteiger partial charge in [-0.15, -0.1) is 0 Å². The van der Waals surface area contributed by atoms with E-state index in [0.717, 1.165) is 17.0 Å². The maximum Gasteiger partial charge on any atom is 0.157 e. The smallest absolute Gasteiger partial charge is 0.157 e. The fraction of sp³-hybridized carbons (Fsp3) is 0.538. The van der Waals surface area contributed by atoms with Crippen LogP contribution < -0.4 is 0 Å². The zero-order chi connectivity index (χ0) is 12.8. The van der Waals surface area contributed by atoms with Crippen molar-refractivity contribution in [3.05, 3.63) is 28.7 Å². The maximum absolute atomic E-state index is 6.25. The molecule has 2 heterocycles. The Balaban J connectivity index is 2.65. The minimum atomic E-state index is -0.00630. The van der Waals surface area contributed by atoms with E-state index in [1.165, 1.54) is 0 Å². The molecule has 0 saturated carbocycles. The first kappa shape index (κ1) is 12.4. The van der Waals surface area contributed by atoms with Crippen molar-refractivity contribution in [2.24, 2.45) is 0 Å². The molecule has 0 N–H and O–H groups in total. The van der Waals surface area contributed by atoms with Gasteiger partial charge in [0.15, 0.2) is 5.65 Å². The molecule has 0 radical (unpaired) electrons. The van der Waals surface area contributed by atoms with Crippen LogP contribution in [0, 0.1) is 0 Å². The Morgan fingerprint density at radius 3 is 2.41 bits per heavy atom. The molecule has 17 heavy (non-hydrogen) atoms.